The normalized spacial score (nSPS) is 25.8. The van der Waals surface area contributed by atoms with E-state index < -0.39 is 124 Å². The number of esters is 1. The summed E-state index contributed by atoms with van der Waals surface area (Å²) in [5.41, 5.74) is 0.896. The molecule has 5 saturated heterocycles. The van der Waals surface area contributed by atoms with Crippen LogP contribution in [0.15, 0.2) is 133 Å². The van der Waals surface area contributed by atoms with E-state index in [1.54, 1.807) is 25.1 Å². The second kappa shape index (κ2) is 25.3. The number of carbonyl (C=O) groups is 10. The van der Waals surface area contributed by atoms with Crippen LogP contribution in [0.2, 0.25) is 0 Å². The van der Waals surface area contributed by atoms with Gasteiger partial charge >= 0.3 is 25.5 Å². The Morgan fingerprint density at radius 2 is 1.15 bits per heavy atom. The topological polar surface area (TPSA) is 234 Å². The number of carbonyl (C=O) groups excluding carboxylic acids is 10. The molecule has 2 aliphatic carbocycles. The van der Waals surface area contributed by atoms with Crippen LogP contribution in [-0.2, 0) is 67.5 Å². The van der Waals surface area contributed by atoms with Crippen molar-refractivity contribution in [1.29, 1.82) is 0 Å². The van der Waals surface area contributed by atoms with Gasteiger partial charge in [-0.05, 0) is 120 Å². The third-order valence-electron chi connectivity index (χ3n) is 18.2. The molecule has 2 saturated carbocycles. The van der Waals surface area contributed by atoms with Crippen molar-refractivity contribution >= 4 is 82.3 Å². The Morgan fingerprint density at radius 3 is 1.70 bits per heavy atom. The molecular formula is C68H68CoN6O13-2. The summed E-state index contributed by atoms with van der Waals surface area (Å²) in [6.07, 6.45) is 3.27. The van der Waals surface area contributed by atoms with Crippen LogP contribution in [0.25, 0.3) is 6.08 Å². The fourth-order valence-electron chi connectivity index (χ4n) is 14.7. The van der Waals surface area contributed by atoms with Gasteiger partial charge < -0.3 is 21.8 Å². The van der Waals surface area contributed by atoms with Crippen molar-refractivity contribution in [1.82, 2.24) is 15.3 Å². The Balaban J connectivity index is 0.000001000. The minimum atomic E-state index is -1.12. The maximum absolute atomic E-state index is 15.1. The van der Waals surface area contributed by atoms with Crippen LogP contribution in [0.3, 0.4) is 0 Å². The molecule has 9 unspecified atom stereocenters. The Labute approximate surface area is 518 Å². The van der Waals surface area contributed by atoms with E-state index in [1.807, 2.05) is 124 Å². The Bertz CT molecular complexity index is 3590. The average molecular weight is 1240 g/mol. The van der Waals surface area contributed by atoms with Crippen LogP contribution in [0.1, 0.15) is 99.2 Å². The van der Waals surface area contributed by atoms with Crippen LogP contribution >= 0.6 is 0 Å². The zero-order valence-electron chi connectivity index (χ0n) is 49.6. The zero-order chi connectivity index (χ0) is 63.1. The first-order valence-corrected chi connectivity index (χ1v) is 29.7. The molecule has 20 heteroatoms. The third kappa shape index (κ3) is 12.1. The summed E-state index contributed by atoms with van der Waals surface area (Å²) in [4.78, 5) is 153. The van der Waals surface area contributed by atoms with Gasteiger partial charge in [-0.1, -0.05) is 66.2 Å². The predicted molar refractivity (Wildman–Crippen MR) is 317 cm³/mol. The SMILES string of the molecule is [CH2-]C(CON1C(C)(C)CC(NC(=O)c2cc(N3C(=O)C4CC(C3=O)C3C(=O)N(c5cc(C)cc(OC(=O)/C=C/c6ccccc6)c5)C(=O)CC43)cc(N3C(=O)CC4C5CC(C(=O)N(C)C5=O)C4C3=O)c2)CC1(C)C)c1ccccc1.[O]=[Co].[c-]1ccccc1. The smallest absolute Gasteiger partial charge is 0.171 e. The third-order valence-corrected chi connectivity index (χ3v) is 18.2. The molecule has 7 aliphatic rings. The Kier molecular flexibility index (Phi) is 18.0. The molecule has 19 nitrogen and oxygen atoms in total. The maximum atomic E-state index is 15.1. The molecular weight excluding hydrogens is 1170 g/mol. The zero-order valence-corrected chi connectivity index (χ0v) is 50.6. The average Bonchev–Trinajstić information content (AvgIpc) is 1.63. The van der Waals surface area contributed by atoms with Gasteiger partial charge in [-0.2, -0.15) is 41.5 Å². The maximum Gasteiger partial charge on any atom is -0.171 e. The second-order valence-electron chi connectivity index (χ2n) is 25.0. The van der Waals surface area contributed by atoms with Gasteiger partial charge in [0.15, 0.2) is 0 Å². The first-order chi connectivity index (χ1) is 42.0. The van der Waals surface area contributed by atoms with E-state index in [-0.39, 0.29) is 60.0 Å². The van der Waals surface area contributed by atoms with Crippen LogP contribution < -0.4 is 24.8 Å². The van der Waals surface area contributed by atoms with Crippen LogP contribution in [0.4, 0.5) is 17.1 Å². The molecule has 0 spiro atoms. The number of anilines is 3. The molecule has 12 rings (SSSR count). The number of imide groups is 4. The molecule has 88 heavy (non-hydrogen) atoms. The number of nitrogens with zero attached hydrogens (tertiary/aromatic N) is 5. The van der Waals surface area contributed by atoms with Crippen molar-refractivity contribution in [2.24, 2.45) is 47.3 Å². The predicted octanol–water partition coefficient (Wildman–Crippen LogP) is 8.12. The number of aryl methyl sites for hydroxylation is 1. The van der Waals surface area contributed by atoms with Gasteiger partial charge in [-0.3, -0.25) is 57.9 Å². The number of ether oxygens (including phenoxy) is 1. The molecule has 9 amide bonds. The van der Waals surface area contributed by atoms with Crippen molar-refractivity contribution < 1.29 is 77.1 Å². The molecule has 5 aliphatic heterocycles. The number of rotatable bonds is 12. The number of hydrogen-bond donors (Lipinski definition) is 1. The number of likely N-dealkylation sites (tertiary alicyclic amines) is 1. The van der Waals surface area contributed by atoms with Gasteiger partial charge in [-0.15, -0.1) is 5.92 Å². The standard InChI is InChI=1S/C62H63N6O12.C6H5.Co.O/c1-33-20-39(25-42(21-33)80-51(71)19-18-35-14-10-8-11-15-35)65-49(69)29-44-46-27-48(53(44)60(65)78)58(76)67(57(46)75)41-23-37(22-40(24-41)66-50(70)28-43-45-26-47(52(43)59(66)77)56(74)64(7)55(45)73)54(72)63-38-30-61(3,4)68(62(5,6)31-38)79-32-34(2)36-16-12-9-13-17-36;1-2-4-6-5-3-1;;/h8-25,34,38,43-48,52-53H,2,26-32H2,1,3-7H3,(H,63,72);1-5H;;/q2*-1;;/b19-18+;;;. The summed E-state index contributed by atoms with van der Waals surface area (Å²) in [5.74, 6) is -14.0. The number of amides is 9. The number of hydroxylamine groups is 2. The summed E-state index contributed by atoms with van der Waals surface area (Å²) in [6, 6.07) is 39.6. The van der Waals surface area contributed by atoms with E-state index in [9.17, 15) is 43.2 Å². The minimum absolute atomic E-state index is 0.0284. The van der Waals surface area contributed by atoms with Gasteiger partial charge in [0.2, 0.25) is 47.3 Å². The van der Waals surface area contributed by atoms with Crippen molar-refractivity contribution in [3.8, 4) is 5.75 Å². The fourth-order valence-corrected chi connectivity index (χ4v) is 14.7. The summed E-state index contributed by atoms with van der Waals surface area (Å²) >= 11 is 2.31. The monoisotopic (exact) mass is 1240 g/mol. The molecule has 1 N–H and O–H groups in total. The number of nitrogens with one attached hydrogen (secondary N) is 1. The van der Waals surface area contributed by atoms with Crippen molar-refractivity contribution in [2.45, 2.75) is 96.2 Å². The number of fused-ring (bicyclic) bond motifs is 10. The molecule has 5 heterocycles. The van der Waals surface area contributed by atoms with Gasteiger partial charge in [0.05, 0.1) is 40.7 Å². The minimum Gasteiger partial charge on any atom is -0.184 e. The van der Waals surface area contributed by atoms with Gasteiger partial charge in [-0.25, -0.2) is 9.69 Å². The summed E-state index contributed by atoms with van der Waals surface area (Å²) in [6.45, 7) is 14.4. The number of hydrogen-bond acceptors (Lipinski definition) is 14. The van der Waals surface area contributed by atoms with Crippen LogP contribution in [0, 0.1) is 67.3 Å². The van der Waals surface area contributed by atoms with Crippen molar-refractivity contribution in [2.75, 3.05) is 28.4 Å². The molecule has 7 fully saturated rings. The second-order valence-corrected chi connectivity index (χ2v) is 25.0. The summed E-state index contributed by atoms with van der Waals surface area (Å²) in [7, 11) is 1.37. The van der Waals surface area contributed by atoms with E-state index in [0.717, 1.165) is 30.7 Å². The number of benzene rings is 5. The van der Waals surface area contributed by atoms with E-state index in [0.29, 0.717) is 25.0 Å². The van der Waals surface area contributed by atoms with E-state index in [1.165, 1.54) is 37.4 Å². The Hall–Kier alpha value is -8.43. The molecule has 0 radical (unpaired) electrons. The van der Waals surface area contributed by atoms with Gasteiger partial charge in [0, 0.05) is 73.2 Å². The van der Waals surface area contributed by atoms with Gasteiger partial charge in [0.25, 0.3) is 5.91 Å². The van der Waals surface area contributed by atoms with Gasteiger partial charge in [0.1, 0.15) is 5.75 Å². The van der Waals surface area contributed by atoms with Crippen LogP contribution in [-0.4, -0.2) is 99.9 Å². The van der Waals surface area contributed by atoms with Crippen molar-refractivity contribution in [3.05, 3.63) is 169 Å². The summed E-state index contributed by atoms with van der Waals surface area (Å²) < 4.78 is 13.6. The Morgan fingerprint density at radius 1 is 0.648 bits per heavy atom. The molecule has 459 valence electrons. The number of piperidine rings is 5. The van der Waals surface area contributed by atoms with E-state index in [2.05, 4.69) is 34.0 Å². The molecule has 5 aromatic carbocycles. The van der Waals surface area contributed by atoms with Crippen LogP contribution in [0.5, 0.6) is 5.75 Å². The van der Waals surface area contributed by atoms with E-state index >= 15 is 4.79 Å². The summed E-state index contributed by atoms with van der Waals surface area (Å²) in [5, 5.41) is 5.12. The first-order valence-electron chi connectivity index (χ1n) is 29.3. The van der Waals surface area contributed by atoms with E-state index in [4.69, 9.17) is 13.4 Å². The molecule has 9 atom stereocenters. The first kappa shape index (κ1) is 62.6. The largest absolute Gasteiger partial charge is 0.184 e. The molecule has 0 aromatic heterocycles. The molecule has 5 aromatic rings. The molecule has 4 bridgehead atoms. The quantitative estimate of drug-likeness (QED) is 0.0409. The fraction of sp³-hybridized carbons (Fsp3) is 0.368. The van der Waals surface area contributed by atoms with Crippen molar-refractivity contribution in [3.63, 3.8) is 0 Å².